The zero-order chi connectivity index (χ0) is 22.6. The molecule has 31 heavy (non-hydrogen) atoms. The summed E-state index contributed by atoms with van der Waals surface area (Å²) in [7, 11) is -1.99. The molecule has 2 aromatic rings. The number of hydrogen-bond donors (Lipinski definition) is 1. The Labute approximate surface area is 182 Å². The molecule has 2 aromatic carbocycles. The summed E-state index contributed by atoms with van der Waals surface area (Å²) < 4.78 is 31.7. The van der Waals surface area contributed by atoms with Crippen LogP contribution in [-0.4, -0.2) is 50.8 Å². The zero-order valence-corrected chi connectivity index (χ0v) is 18.7. The third-order valence-corrected chi connectivity index (χ3v) is 7.24. The summed E-state index contributed by atoms with van der Waals surface area (Å²) in [5.74, 6) is 0.239. The van der Waals surface area contributed by atoms with E-state index in [0.717, 1.165) is 5.56 Å². The number of anilines is 1. The molecule has 0 aliphatic carbocycles. The minimum Gasteiger partial charge on any atom is -0.482 e. The van der Waals surface area contributed by atoms with E-state index in [-0.39, 0.29) is 48.9 Å². The average molecular weight is 446 g/mol. The first-order valence-electron chi connectivity index (χ1n) is 10.1. The van der Waals surface area contributed by atoms with Gasteiger partial charge in [-0.05, 0) is 43.7 Å². The lowest BCUT2D eigenvalue weighted by Crippen LogP contribution is -2.41. The molecule has 0 fully saturated rings. The Hall–Kier alpha value is -2.91. The number of para-hydroxylation sites is 2. The summed E-state index contributed by atoms with van der Waals surface area (Å²) in [5, 5.41) is 2.81. The van der Waals surface area contributed by atoms with Crippen LogP contribution < -0.4 is 15.0 Å². The number of rotatable bonds is 8. The van der Waals surface area contributed by atoms with E-state index in [1.54, 1.807) is 48.3 Å². The molecule has 9 heteroatoms. The fourth-order valence-electron chi connectivity index (χ4n) is 3.12. The number of sulfonamides is 1. The predicted molar refractivity (Wildman–Crippen MR) is 117 cm³/mol. The van der Waals surface area contributed by atoms with Crippen molar-refractivity contribution in [3.8, 4) is 5.75 Å². The molecular weight excluding hydrogens is 418 g/mol. The number of carbonyl (C=O) groups is 2. The molecule has 0 atom stereocenters. The summed E-state index contributed by atoms with van der Waals surface area (Å²) in [5.41, 5.74) is 1.45. The molecule has 1 heterocycles. The number of benzene rings is 2. The molecule has 0 spiro atoms. The van der Waals surface area contributed by atoms with E-state index in [9.17, 15) is 18.0 Å². The first kappa shape index (κ1) is 22.8. The topological polar surface area (TPSA) is 96.0 Å². The predicted octanol–water partition coefficient (Wildman–Crippen LogP) is 2.15. The number of nitrogens with one attached hydrogen (secondary N) is 1. The SMILES string of the molecule is CC(C)N(C)S(=O)(=O)c1ccc(CNC(=O)CCN2C(=O)COc3ccccc32)cc1. The van der Waals surface area contributed by atoms with Crippen molar-refractivity contribution in [2.75, 3.05) is 25.1 Å². The number of carbonyl (C=O) groups excluding carboxylic acids is 2. The quantitative estimate of drug-likeness (QED) is 0.672. The van der Waals surface area contributed by atoms with Crippen LogP contribution in [0.4, 0.5) is 5.69 Å². The van der Waals surface area contributed by atoms with Gasteiger partial charge in [-0.1, -0.05) is 24.3 Å². The van der Waals surface area contributed by atoms with Gasteiger partial charge in [-0.3, -0.25) is 9.59 Å². The molecule has 0 bridgehead atoms. The molecule has 0 aromatic heterocycles. The van der Waals surface area contributed by atoms with Gasteiger partial charge in [0.2, 0.25) is 15.9 Å². The maximum absolute atomic E-state index is 12.5. The van der Waals surface area contributed by atoms with Crippen LogP contribution in [-0.2, 0) is 26.2 Å². The standard InChI is InChI=1S/C22H27N3O5S/c1-16(2)24(3)31(28,29)18-10-8-17(9-11-18)14-23-21(26)12-13-25-19-6-4-5-7-20(19)30-15-22(25)27/h4-11,16H,12-15H2,1-3H3,(H,23,26). The van der Waals surface area contributed by atoms with Gasteiger partial charge in [0.25, 0.3) is 5.91 Å². The molecular formula is C22H27N3O5S. The number of fused-ring (bicyclic) bond motifs is 1. The van der Waals surface area contributed by atoms with E-state index in [1.165, 1.54) is 4.31 Å². The van der Waals surface area contributed by atoms with Gasteiger partial charge in [-0.25, -0.2) is 8.42 Å². The van der Waals surface area contributed by atoms with Crippen LogP contribution in [0.2, 0.25) is 0 Å². The summed E-state index contributed by atoms with van der Waals surface area (Å²) in [6.07, 6.45) is 0.145. The summed E-state index contributed by atoms with van der Waals surface area (Å²) >= 11 is 0. The Morgan fingerprint density at radius 1 is 1.16 bits per heavy atom. The van der Waals surface area contributed by atoms with Gasteiger partial charge >= 0.3 is 0 Å². The second kappa shape index (κ2) is 9.49. The number of amides is 2. The minimum atomic E-state index is -3.54. The monoisotopic (exact) mass is 445 g/mol. The van der Waals surface area contributed by atoms with Crippen LogP contribution in [0.5, 0.6) is 5.75 Å². The van der Waals surface area contributed by atoms with E-state index in [4.69, 9.17) is 4.74 Å². The van der Waals surface area contributed by atoms with Crippen molar-refractivity contribution < 1.29 is 22.7 Å². The van der Waals surface area contributed by atoms with Gasteiger partial charge in [0.15, 0.2) is 6.61 Å². The smallest absolute Gasteiger partial charge is 0.265 e. The van der Waals surface area contributed by atoms with Crippen molar-refractivity contribution in [2.24, 2.45) is 0 Å². The Balaban J connectivity index is 1.54. The van der Waals surface area contributed by atoms with Gasteiger partial charge in [0.05, 0.1) is 10.6 Å². The van der Waals surface area contributed by atoms with Gasteiger partial charge in [-0.15, -0.1) is 0 Å². The Morgan fingerprint density at radius 3 is 2.52 bits per heavy atom. The van der Waals surface area contributed by atoms with Gasteiger partial charge < -0.3 is 15.0 Å². The highest BCUT2D eigenvalue weighted by Gasteiger charge is 2.25. The van der Waals surface area contributed by atoms with Crippen LogP contribution in [0.25, 0.3) is 0 Å². The maximum Gasteiger partial charge on any atom is 0.265 e. The summed E-state index contributed by atoms with van der Waals surface area (Å²) in [6, 6.07) is 13.5. The molecule has 1 aliphatic rings. The van der Waals surface area contributed by atoms with Crippen LogP contribution in [0.1, 0.15) is 25.8 Å². The fraction of sp³-hybridized carbons (Fsp3) is 0.364. The zero-order valence-electron chi connectivity index (χ0n) is 17.9. The molecule has 1 N–H and O–H groups in total. The van der Waals surface area contributed by atoms with Crippen molar-refractivity contribution in [2.45, 2.75) is 37.8 Å². The number of nitrogens with zero attached hydrogens (tertiary/aromatic N) is 2. The van der Waals surface area contributed by atoms with Gasteiger partial charge in [0, 0.05) is 32.6 Å². The van der Waals surface area contributed by atoms with E-state index >= 15 is 0 Å². The largest absolute Gasteiger partial charge is 0.482 e. The van der Waals surface area contributed by atoms with Crippen molar-refractivity contribution in [3.63, 3.8) is 0 Å². The third kappa shape index (κ3) is 5.23. The maximum atomic E-state index is 12.5. The third-order valence-electron chi connectivity index (χ3n) is 5.19. The molecule has 0 radical (unpaired) electrons. The Kier molecular flexibility index (Phi) is 6.97. The molecule has 166 valence electrons. The Bertz CT molecular complexity index is 1050. The van der Waals surface area contributed by atoms with Crippen LogP contribution in [0, 0.1) is 0 Å². The highest BCUT2D eigenvalue weighted by Crippen LogP contribution is 2.31. The van der Waals surface area contributed by atoms with E-state index in [0.29, 0.717) is 11.4 Å². The van der Waals surface area contributed by atoms with E-state index in [2.05, 4.69) is 5.32 Å². The fourth-order valence-corrected chi connectivity index (χ4v) is 4.49. The first-order chi connectivity index (χ1) is 14.7. The number of hydrogen-bond acceptors (Lipinski definition) is 5. The molecule has 0 saturated heterocycles. The molecule has 8 nitrogen and oxygen atoms in total. The van der Waals surface area contributed by atoms with Crippen LogP contribution in [0.15, 0.2) is 53.4 Å². The van der Waals surface area contributed by atoms with Gasteiger partial charge in [0.1, 0.15) is 5.75 Å². The average Bonchev–Trinajstić information content (AvgIpc) is 2.76. The van der Waals surface area contributed by atoms with Gasteiger partial charge in [-0.2, -0.15) is 4.31 Å². The molecule has 3 rings (SSSR count). The molecule has 0 saturated carbocycles. The summed E-state index contributed by atoms with van der Waals surface area (Å²) in [4.78, 5) is 26.2. The van der Waals surface area contributed by atoms with Crippen LogP contribution >= 0.6 is 0 Å². The second-order valence-corrected chi connectivity index (χ2v) is 9.58. The van der Waals surface area contributed by atoms with Crippen molar-refractivity contribution in [1.29, 1.82) is 0 Å². The van der Waals surface area contributed by atoms with Crippen LogP contribution in [0.3, 0.4) is 0 Å². The highest BCUT2D eigenvalue weighted by molar-refractivity contribution is 7.89. The lowest BCUT2D eigenvalue weighted by Gasteiger charge is -2.29. The first-order valence-corrected chi connectivity index (χ1v) is 11.5. The molecule has 0 unspecified atom stereocenters. The molecule has 2 amide bonds. The van der Waals surface area contributed by atoms with E-state index in [1.807, 2.05) is 26.0 Å². The highest BCUT2D eigenvalue weighted by atomic mass is 32.2. The van der Waals surface area contributed by atoms with Crippen molar-refractivity contribution in [3.05, 3.63) is 54.1 Å². The van der Waals surface area contributed by atoms with E-state index < -0.39 is 10.0 Å². The summed E-state index contributed by atoms with van der Waals surface area (Å²) in [6.45, 7) is 4.10. The second-order valence-electron chi connectivity index (χ2n) is 7.59. The van der Waals surface area contributed by atoms with Crippen molar-refractivity contribution >= 4 is 27.5 Å². The molecule has 1 aliphatic heterocycles. The lowest BCUT2D eigenvalue weighted by atomic mass is 10.2. The Morgan fingerprint density at radius 2 is 1.84 bits per heavy atom. The normalized spacial score (nSPS) is 13.8. The lowest BCUT2D eigenvalue weighted by molar-refractivity contribution is -0.122. The minimum absolute atomic E-state index is 0.0418. The number of ether oxygens (including phenoxy) is 1. The van der Waals surface area contributed by atoms with Crippen molar-refractivity contribution in [1.82, 2.24) is 9.62 Å².